The quantitative estimate of drug-likeness (QED) is 0.675. The summed E-state index contributed by atoms with van der Waals surface area (Å²) in [6.45, 7) is 11.7. The van der Waals surface area contributed by atoms with Gasteiger partial charge in [0.15, 0.2) is 0 Å². The third-order valence-corrected chi connectivity index (χ3v) is 4.08. The van der Waals surface area contributed by atoms with Crippen molar-refractivity contribution < 1.29 is 4.74 Å². The van der Waals surface area contributed by atoms with E-state index >= 15 is 0 Å². The Kier molecular flexibility index (Phi) is 7.87. The highest BCUT2D eigenvalue weighted by atomic mass is 16.5. The zero-order valence-corrected chi connectivity index (χ0v) is 12.7. The van der Waals surface area contributed by atoms with Gasteiger partial charge in [0, 0.05) is 25.7 Å². The molecule has 3 heteroatoms. The maximum atomic E-state index is 5.43. The third-order valence-electron chi connectivity index (χ3n) is 4.08. The Hall–Kier alpha value is -0.120. The molecule has 1 N–H and O–H groups in total. The first-order valence-corrected chi connectivity index (χ1v) is 7.67. The molecule has 0 heterocycles. The Morgan fingerprint density at radius 2 is 2.06 bits per heavy atom. The van der Waals surface area contributed by atoms with E-state index in [2.05, 4.69) is 38.0 Å². The van der Waals surface area contributed by atoms with E-state index in [-0.39, 0.29) is 0 Å². The Bertz CT molecular complexity index is 211. The Labute approximate surface area is 113 Å². The molecule has 3 nitrogen and oxygen atoms in total. The van der Waals surface area contributed by atoms with Crippen LogP contribution in [0.4, 0.5) is 0 Å². The van der Waals surface area contributed by atoms with Gasteiger partial charge < -0.3 is 15.0 Å². The maximum Gasteiger partial charge on any atom is 0.0593 e. The van der Waals surface area contributed by atoms with Crippen molar-refractivity contribution in [1.82, 2.24) is 10.2 Å². The molecule has 0 bridgehead atoms. The summed E-state index contributed by atoms with van der Waals surface area (Å²) >= 11 is 0. The molecule has 0 amide bonds. The topological polar surface area (TPSA) is 24.5 Å². The molecule has 3 atom stereocenters. The van der Waals surface area contributed by atoms with Crippen LogP contribution in [0.2, 0.25) is 0 Å². The third kappa shape index (κ3) is 5.68. The summed E-state index contributed by atoms with van der Waals surface area (Å²) in [5.74, 6) is 1.70. The van der Waals surface area contributed by atoms with Crippen LogP contribution < -0.4 is 5.32 Å². The lowest BCUT2D eigenvalue weighted by Crippen LogP contribution is -2.45. The molecular weight excluding hydrogens is 224 g/mol. The Morgan fingerprint density at radius 1 is 1.28 bits per heavy atom. The molecule has 108 valence electrons. The number of likely N-dealkylation sites (N-methyl/N-ethyl adjacent to an activating group) is 1. The molecule has 1 saturated carbocycles. The van der Waals surface area contributed by atoms with E-state index in [0.717, 1.165) is 44.2 Å². The lowest BCUT2D eigenvalue weighted by atomic mass is 9.78. The van der Waals surface area contributed by atoms with Gasteiger partial charge >= 0.3 is 0 Å². The standard InChI is InChI=1S/C15H32N2O/c1-5-16-15-8-7-13(3)11-14(15)12-17(4)9-10-18-6-2/h13-16H,5-12H2,1-4H3. The van der Waals surface area contributed by atoms with Gasteiger partial charge in [-0.1, -0.05) is 13.8 Å². The second-order valence-electron chi connectivity index (χ2n) is 5.80. The second kappa shape index (κ2) is 8.89. The fraction of sp³-hybridized carbons (Fsp3) is 1.00. The smallest absolute Gasteiger partial charge is 0.0593 e. The SMILES string of the molecule is CCNC1CCC(C)CC1CN(C)CCOCC. The van der Waals surface area contributed by atoms with Crippen LogP contribution in [0.3, 0.4) is 0 Å². The molecule has 0 spiro atoms. The van der Waals surface area contributed by atoms with E-state index in [4.69, 9.17) is 4.74 Å². The summed E-state index contributed by atoms with van der Waals surface area (Å²) < 4.78 is 5.43. The van der Waals surface area contributed by atoms with Crippen molar-refractivity contribution in [3.63, 3.8) is 0 Å². The van der Waals surface area contributed by atoms with Crippen LogP contribution in [0.5, 0.6) is 0 Å². The van der Waals surface area contributed by atoms with Crippen molar-refractivity contribution in [2.24, 2.45) is 11.8 Å². The molecule has 0 aromatic carbocycles. The minimum Gasteiger partial charge on any atom is -0.380 e. The average molecular weight is 256 g/mol. The first-order chi connectivity index (χ1) is 8.67. The molecular formula is C15H32N2O. The molecule has 0 aromatic heterocycles. The van der Waals surface area contributed by atoms with Gasteiger partial charge in [-0.25, -0.2) is 0 Å². The van der Waals surface area contributed by atoms with E-state index in [1.165, 1.54) is 25.8 Å². The fourth-order valence-electron chi connectivity index (χ4n) is 3.09. The van der Waals surface area contributed by atoms with Crippen LogP contribution in [-0.4, -0.2) is 50.8 Å². The van der Waals surface area contributed by atoms with Gasteiger partial charge in [-0.3, -0.25) is 0 Å². The van der Waals surface area contributed by atoms with Crippen LogP contribution in [0.15, 0.2) is 0 Å². The van der Waals surface area contributed by atoms with Crippen LogP contribution in [0, 0.1) is 11.8 Å². The fourth-order valence-corrected chi connectivity index (χ4v) is 3.09. The predicted octanol–water partition coefficient (Wildman–Crippen LogP) is 2.37. The summed E-state index contributed by atoms with van der Waals surface area (Å²) in [6, 6.07) is 0.723. The molecule has 3 unspecified atom stereocenters. The zero-order valence-electron chi connectivity index (χ0n) is 12.7. The number of nitrogens with one attached hydrogen (secondary N) is 1. The molecule has 0 aromatic rings. The Morgan fingerprint density at radius 3 is 2.72 bits per heavy atom. The van der Waals surface area contributed by atoms with Gasteiger partial charge in [0.1, 0.15) is 0 Å². The minimum absolute atomic E-state index is 0.723. The minimum atomic E-state index is 0.723. The van der Waals surface area contributed by atoms with Crippen molar-refractivity contribution in [3.8, 4) is 0 Å². The number of hydrogen-bond acceptors (Lipinski definition) is 3. The molecule has 18 heavy (non-hydrogen) atoms. The highest BCUT2D eigenvalue weighted by molar-refractivity contribution is 4.84. The molecule has 1 aliphatic carbocycles. The molecule has 1 aliphatic rings. The van der Waals surface area contributed by atoms with Crippen molar-refractivity contribution >= 4 is 0 Å². The normalized spacial score (nSPS) is 28.8. The van der Waals surface area contributed by atoms with E-state index in [1.54, 1.807) is 0 Å². The van der Waals surface area contributed by atoms with Gasteiger partial charge in [-0.2, -0.15) is 0 Å². The molecule has 1 fully saturated rings. The summed E-state index contributed by atoms with van der Waals surface area (Å²) in [7, 11) is 2.22. The van der Waals surface area contributed by atoms with Crippen molar-refractivity contribution in [3.05, 3.63) is 0 Å². The highest BCUT2D eigenvalue weighted by Gasteiger charge is 2.28. The van der Waals surface area contributed by atoms with Crippen molar-refractivity contribution in [2.45, 2.75) is 46.1 Å². The summed E-state index contributed by atoms with van der Waals surface area (Å²) in [6.07, 6.45) is 4.10. The molecule has 1 rings (SSSR count). The summed E-state index contributed by atoms with van der Waals surface area (Å²) in [4.78, 5) is 2.43. The number of rotatable bonds is 8. The highest BCUT2D eigenvalue weighted by Crippen LogP contribution is 2.29. The second-order valence-corrected chi connectivity index (χ2v) is 5.80. The van der Waals surface area contributed by atoms with Gasteiger partial charge in [0.25, 0.3) is 0 Å². The van der Waals surface area contributed by atoms with E-state index < -0.39 is 0 Å². The monoisotopic (exact) mass is 256 g/mol. The van der Waals surface area contributed by atoms with E-state index in [0.29, 0.717) is 0 Å². The predicted molar refractivity (Wildman–Crippen MR) is 78.0 cm³/mol. The van der Waals surface area contributed by atoms with Crippen LogP contribution in [-0.2, 0) is 4.74 Å². The van der Waals surface area contributed by atoms with Crippen LogP contribution in [0.1, 0.15) is 40.0 Å². The number of hydrogen-bond donors (Lipinski definition) is 1. The van der Waals surface area contributed by atoms with Crippen molar-refractivity contribution in [1.29, 1.82) is 0 Å². The van der Waals surface area contributed by atoms with Gasteiger partial charge in [0.05, 0.1) is 6.61 Å². The van der Waals surface area contributed by atoms with Gasteiger partial charge in [-0.15, -0.1) is 0 Å². The summed E-state index contributed by atoms with van der Waals surface area (Å²) in [5.41, 5.74) is 0. The zero-order chi connectivity index (χ0) is 13.4. The van der Waals surface area contributed by atoms with Crippen molar-refractivity contribution in [2.75, 3.05) is 39.9 Å². The first kappa shape index (κ1) is 15.9. The van der Waals surface area contributed by atoms with Gasteiger partial charge in [-0.05, 0) is 51.6 Å². The van der Waals surface area contributed by atoms with E-state index in [9.17, 15) is 0 Å². The first-order valence-electron chi connectivity index (χ1n) is 7.67. The van der Waals surface area contributed by atoms with Crippen LogP contribution in [0.25, 0.3) is 0 Å². The maximum absolute atomic E-state index is 5.43. The Balaban J connectivity index is 2.34. The largest absolute Gasteiger partial charge is 0.380 e. The molecule has 0 aliphatic heterocycles. The number of ether oxygens (including phenoxy) is 1. The number of nitrogens with zero attached hydrogens (tertiary/aromatic N) is 1. The van der Waals surface area contributed by atoms with Gasteiger partial charge in [0.2, 0.25) is 0 Å². The summed E-state index contributed by atoms with van der Waals surface area (Å²) in [5, 5.41) is 3.67. The lowest BCUT2D eigenvalue weighted by Gasteiger charge is -2.37. The lowest BCUT2D eigenvalue weighted by molar-refractivity contribution is 0.103. The molecule has 0 radical (unpaired) electrons. The van der Waals surface area contributed by atoms with E-state index in [1.807, 2.05) is 0 Å². The van der Waals surface area contributed by atoms with Crippen LogP contribution >= 0.6 is 0 Å². The molecule has 0 saturated heterocycles. The average Bonchev–Trinajstić information content (AvgIpc) is 2.33.